The molecular weight excluding hydrogens is 512 g/mol. The molecule has 0 fully saturated rings. The first kappa shape index (κ1) is 39.4. The molecule has 0 aromatic rings. The standard InChI is InChI=1S/C36H66O5/c1-3-5-7-9-11-13-15-16-17-18-19-20-21-23-25-27-29-31-36(39)41-34(32-37)33-40-35(38)30-28-26-24-22-14-12-10-8-6-4-2/h11,13,16-17,34,37H,3-10,12,14-15,18-33H2,1-2H3/b13-11-,17-16-. The molecule has 0 aromatic carbocycles. The van der Waals surface area contributed by atoms with Crippen molar-refractivity contribution >= 4 is 11.9 Å². The lowest BCUT2D eigenvalue weighted by atomic mass is 10.1. The molecule has 5 heteroatoms. The summed E-state index contributed by atoms with van der Waals surface area (Å²) >= 11 is 0. The Labute approximate surface area is 253 Å². The van der Waals surface area contributed by atoms with Crippen LogP contribution in [0.5, 0.6) is 0 Å². The predicted octanol–water partition coefficient (Wildman–Crippen LogP) is 10.3. The van der Waals surface area contributed by atoms with Crippen molar-refractivity contribution in [3.63, 3.8) is 0 Å². The Bertz CT molecular complexity index is 627. The predicted molar refractivity (Wildman–Crippen MR) is 173 cm³/mol. The highest BCUT2D eigenvalue weighted by atomic mass is 16.6. The minimum Gasteiger partial charge on any atom is -0.462 e. The van der Waals surface area contributed by atoms with Gasteiger partial charge in [0.25, 0.3) is 0 Å². The van der Waals surface area contributed by atoms with Gasteiger partial charge >= 0.3 is 11.9 Å². The van der Waals surface area contributed by atoms with Crippen LogP contribution >= 0.6 is 0 Å². The van der Waals surface area contributed by atoms with Crippen molar-refractivity contribution in [3.05, 3.63) is 24.3 Å². The third-order valence-electron chi connectivity index (χ3n) is 7.50. The minimum absolute atomic E-state index is 0.0657. The van der Waals surface area contributed by atoms with E-state index in [9.17, 15) is 14.7 Å². The van der Waals surface area contributed by atoms with Crippen molar-refractivity contribution in [1.29, 1.82) is 0 Å². The molecule has 0 amide bonds. The van der Waals surface area contributed by atoms with Crippen LogP contribution in [-0.4, -0.2) is 36.4 Å². The molecular formula is C36H66O5. The first-order chi connectivity index (χ1) is 20.1. The molecule has 0 bridgehead atoms. The van der Waals surface area contributed by atoms with E-state index >= 15 is 0 Å². The zero-order chi connectivity index (χ0) is 30.1. The van der Waals surface area contributed by atoms with Gasteiger partial charge in [-0.1, -0.05) is 141 Å². The lowest BCUT2D eigenvalue weighted by Crippen LogP contribution is -2.28. The first-order valence-electron chi connectivity index (χ1n) is 17.4. The second-order valence-electron chi connectivity index (χ2n) is 11.6. The summed E-state index contributed by atoms with van der Waals surface area (Å²) in [5.74, 6) is -0.599. The first-order valence-corrected chi connectivity index (χ1v) is 17.4. The van der Waals surface area contributed by atoms with Crippen LogP contribution in [0, 0.1) is 0 Å². The maximum Gasteiger partial charge on any atom is 0.306 e. The van der Waals surface area contributed by atoms with Crippen LogP contribution in [0.25, 0.3) is 0 Å². The number of carbonyl (C=O) groups is 2. The Balaban J connectivity index is 3.58. The number of ether oxygens (including phenoxy) is 2. The lowest BCUT2D eigenvalue weighted by molar-refractivity contribution is -0.161. The van der Waals surface area contributed by atoms with E-state index in [-0.39, 0.29) is 25.2 Å². The van der Waals surface area contributed by atoms with E-state index in [1.165, 1.54) is 96.3 Å². The normalized spacial score (nSPS) is 12.4. The Morgan fingerprint density at radius 1 is 0.561 bits per heavy atom. The average Bonchev–Trinajstić information content (AvgIpc) is 2.97. The molecule has 0 radical (unpaired) electrons. The summed E-state index contributed by atoms with van der Waals surface area (Å²) < 4.78 is 10.5. The number of aliphatic hydroxyl groups excluding tert-OH is 1. The van der Waals surface area contributed by atoms with Crippen LogP contribution in [0.4, 0.5) is 0 Å². The van der Waals surface area contributed by atoms with Gasteiger partial charge in [0.2, 0.25) is 0 Å². The molecule has 0 saturated heterocycles. The molecule has 0 aliphatic carbocycles. The topological polar surface area (TPSA) is 72.8 Å². The molecule has 0 aliphatic heterocycles. The summed E-state index contributed by atoms with van der Waals surface area (Å²) in [6.07, 6.45) is 36.6. The molecule has 0 saturated carbocycles. The molecule has 0 aliphatic rings. The largest absolute Gasteiger partial charge is 0.462 e. The van der Waals surface area contributed by atoms with Gasteiger partial charge in [-0.3, -0.25) is 9.59 Å². The SMILES string of the molecule is CCCCC/C=C\C/C=C\CCCCCCCCCC(=O)OC(CO)COC(=O)CCCCCCCCCCCC. The third kappa shape index (κ3) is 31.2. The Kier molecular flexibility index (Phi) is 31.6. The van der Waals surface area contributed by atoms with Gasteiger partial charge in [0.15, 0.2) is 6.10 Å². The second-order valence-corrected chi connectivity index (χ2v) is 11.6. The minimum atomic E-state index is -0.768. The van der Waals surface area contributed by atoms with Crippen molar-refractivity contribution in [2.24, 2.45) is 0 Å². The van der Waals surface area contributed by atoms with Crippen LogP contribution in [0.2, 0.25) is 0 Å². The number of carbonyl (C=O) groups excluding carboxylic acids is 2. The third-order valence-corrected chi connectivity index (χ3v) is 7.50. The maximum atomic E-state index is 12.1. The average molecular weight is 579 g/mol. The highest BCUT2D eigenvalue weighted by molar-refractivity contribution is 5.70. The van der Waals surface area contributed by atoms with Gasteiger partial charge in [-0.2, -0.15) is 0 Å². The van der Waals surface area contributed by atoms with Crippen LogP contribution in [0.15, 0.2) is 24.3 Å². The summed E-state index contributed by atoms with van der Waals surface area (Å²) in [6, 6.07) is 0. The van der Waals surface area contributed by atoms with E-state index in [0.29, 0.717) is 12.8 Å². The number of aliphatic hydroxyl groups is 1. The van der Waals surface area contributed by atoms with Gasteiger partial charge in [-0.15, -0.1) is 0 Å². The van der Waals surface area contributed by atoms with Gasteiger partial charge < -0.3 is 14.6 Å². The summed E-state index contributed by atoms with van der Waals surface area (Å²) in [7, 11) is 0. The van der Waals surface area contributed by atoms with E-state index in [2.05, 4.69) is 38.2 Å². The smallest absolute Gasteiger partial charge is 0.306 e. The molecule has 5 nitrogen and oxygen atoms in total. The van der Waals surface area contributed by atoms with Crippen molar-refractivity contribution in [2.45, 2.75) is 180 Å². The van der Waals surface area contributed by atoms with Crippen molar-refractivity contribution in [2.75, 3.05) is 13.2 Å². The number of allylic oxidation sites excluding steroid dienone is 4. The van der Waals surface area contributed by atoms with Gasteiger partial charge in [-0.25, -0.2) is 0 Å². The fourth-order valence-electron chi connectivity index (χ4n) is 4.82. The molecule has 1 unspecified atom stereocenters. The van der Waals surface area contributed by atoms with Gasteiger partial charge in [0.1, 0.15) is 6.61 Å². The summed E-state index contributed by atoms with van der Waals surface area (Å²) in [5, 5.41) is 9.50. The van der Waals surface area contributed by atoms with Gasteiger partial charge in [0.05, 0.1) is 6.61 Å². The highest BCUT2D eigenvalue weighted by Crippen LogP contribution is 2.13. The molecule has 1 N–H and O–H groups in total. The highest BCUT2D eigenvalue weighted by Gasteiger charge is 2.16. The number of unbranched alkanes of at least 4 members (excludes halogenated alkanes) is 19. The van der Waals surface area contributed by atoms with E-state index in [1.54, 1.807) is 0 Å². The van der Waals surface area contributed by atoms with E-state index in [1.807, 2.05) is 0 Å². The van der Waals surface area contributed by atoms with Gasteiger partial charge in [0, 0.05) is 12.8 Å². The molecule has 0 heterocycles. The van der Waals surface area contributed by atoms with Crippen LogP contribution in [0.3, 0.4) is 0 Å². The van der Waals surface area contributed by atoms with Crippen molar-refractivity contribution in [1.82, 2.24) is 0 Å². The van der Waals surface area contributed by atoms with E-state index in [0.717, 1.165) is 51.4 Å². The fraction of sp³-hybridized carbons (Fsp3) is 0.833. The van der Waals surface area contributed by atoms with Crippen molar-refractivity contribution < 1.29 is 24.2 Å². The number of esters is 2. The Morgan fingerprint density at radius 2 is 0.976 bits per heavy atom. The molecule has 0 spiro atoms. The van der Waals surface area contributed by atoms with Gasteiger partial charge in [-0.05, 0) is 44.9 Å². The molecule has 0 aromatic heterocycles. The molecule has 41 heavy (non-hydrogen) atoms. The summed E-state index contributed by atoms with van der Waals surface area (Å²) in [6.45, 7) is 4.08. The fourth-order valence-corrected chi connectivity index (χ4v) is 4.82. The number of hydrogen-bond donors (Lipinski definition) is 1. The molecule has 1 atom stereocenters. The van der Waals surface area contributed by atoms with E-state index in [4.69, 9.17) is 9.47 Å². The van der Waals surface area contributed by atoms with Crippen LogP contribution in [0.1, 0.15) is 174 Å². The zero-order valence-electron chi connectivity index (χ0n) is 27.1. The monoisotopic (exact) mass is 578 g/mol. The zero-order valence-corrected chi connectivity index (χ0v) is 27.1. The van der Waals surface area contributed by atoms with Crippen molar-refractivity contribution in [3.8, 4) is 0 Å². The maximum absolute atomic E-state index is 12.1. The lowest BCUT2D eigenvalue weighted by Gasteiger charge is -2.15. The van der Waals surface area contributed by atoms with Crippen LogP contribution < -0.4 is 0 Å². The number of rotatable bonds is 31. The molecule has 0 rings (SSSR count). The number of hydrogen-bond acceptors (Lipinski definition) is 5. The Morgan fingerprint density at radius 3 is 1.49 bits per heavy atom. The Hall–Kier alpha value is -1.62. The quantitative estimate of drug-likeness (QED) is 0.0503. The summed E-state index contributed by atoms with van der Waals surface area (Å²) in [4.78, 5) is 24.1. The summed E-state index contributed by atoms with van der Waals surface area (Å²) in [5.41, 5.74) is 0. The van der Waals surface area contributed by atoms with Crippen LogP contribution in [-0.2, 0) is 19.1 Å². The second kappa shape index (κ2) is 32.9. The molecule has 240 valence electrons. The van der Waals surface area contributed by atoms with E-state index < -0.39 is 6.10 Å².